The highest BCUT2D eigenvalue weighted by molar-refractivity contribution is 5.99. The number of aromatic amines is 1. The lowest BCUT2D eigenvalue weighted by atomic mass is 9.87. The maximum Gasteiger partial charge on any atom is 0.338 e. The molecule has 0 spiro atoms. The molecule has 2 atom stereocenters. The van der Waals surface area contributed by atoms with Crippen molar-refractivity contribution in [3.8, 4) is 0 Å². The van der Waals surface area contributed by atoms with E-state index >= 15 is 0 Å². The first-order valence-electron chi connectivity index (χ1n) is 9.49. The van der Waals surface area contributed by atoms with Crippen molar-refractivity contribution < 1.29 is 18.8 Å². The second-order valence-electron chi connectivity index (χ2n) is 7.56. The zero-order valence-corrected chi connectivity index (χ0v) is 16.2. The molecule has 0 saturated heterocycles. The summed E-state index contributed by atoms with van der Waals surface area (Å²) in [5.74, 6) is -0.152. The number of hydrogen-bond acceptors (Lipinski definition) is 5. The van der Waals surface area contributed by atoms with Crippen molar-refractivity contribution in [2.24, 2.45) is 5.92 Å². The third-order valence-electron chi connectivity index (χ3n) is 5.20. The van der Waals surface area contributed by atoms with E-state index in [1.807, 2.05) is 12.1 Å². The van der Waals surface area contributed by atoms with Gasteiger partial charge in [0.1, 0.15) is 0 Å². The Kier molecular flexibility index (Phi) is 4.66. The second kappa shape index (κ2) is 7.14. The summed E-state index contributed by atoms with van der Waals surface area (Å²) in [6, 6.07) is 7.07. The number of amides is 1. The number of fused-ring (bicyclic) bond motifs is 3. The van der Waals surface area contributed by atoms with Gasteiger partial charge >= 0.3 is 5.97 Å². The van der Waals surface area contributed by atoms with Gasteiger partial charge in [-0.1, -0.05) is 12.1 Å². The molecule has 3 aromatic rings. The van der Waals surface area contributed by atoms with Crippen molar-refractivity contribution in [3.63, 3.8) is 0 Å². The highest BCUT2D eigenvalue weighted by atomic mass is 16.5. The molecule has 7 heteroatoms. The molecule has 1 aliphatic carbocycles. The van der Waals surface area contributed by atoms with Crippen LogP contribution in [0.5, 0.6) is 0 Å². The number of carbonyl (C=O) groups excluding carboxylic acids is 2. The first-order chi connectivity index (χ1) is 13.4. The number of carbonyl (C=O) groups is 2. The van der Waals surface area contributed by atoms with Crippen molar-refractivity contribution in [2.75, 3.05) is 5.32 Å². The molecule has 1 aromatic carbocycles. The number of nitrogens with zero attached hydrogens (tertiary/aromatic N) is 1. The Bertz CT molecular complexity index is 1050. The second-order valence-corrected chi connectivity index (χ2v) is 7.56. The third kappa shape index (κ3) is 3.52. The Morgan fingerprint density at radius 1 is 1.36 bits per heavy atom. The van der Waals surface area contributed by atoms with Crippen molar-refractivity contribution in [2.45, 2.75) is 46.1 Å². The maximum absolute atomic E-state index is 12.6. The molecule has 2 heterocycles. The lowest BCUT2D eigenvalue weighted by Crippen LogP contribution is -2.29. The molecule has 2 aromatic heterocycles. The molecule has 1 aliphatic rings. The van der Waals surface area contributed by atoms with Crippen LogP contribution in [-0.4, -0.2) is 28.1 Å². The van der Waals surface area contributed by atoms with E-state index in [1.54, 1.807) is 19.1 Å². The Balaban J connectivity index is 1.49. The van der Waals surface area contributed by atoms with E-state index in [1.165, 1.54) is 24.6 Å². The van der Waals surface area contributed by atoms with Crippen LogP contribution in [0.4, 0.5) is 5.88 Å². The molecular weight excluding hydrogens is 358 g/mol. The smallest absolute Gasteiger partial charge is 0.338 e. The Hall–Kier alpha value is -3.09. The van der Waals surface area contributed by atoms with Crippen LogP contribution in [-0.2, 0) is 22.4 Å². The van der Waals surface area contributed by atoms with Gasteiger partial charge in [0.15, 0.2) is 6.10 Å². The Labute approximate surface area is 162 Å². The fourth-order valence-corrected chi connectivity index (χ4v) is 3.65. The molecule has 146 valence electrons. The monoisotopic (exact) mass is 381 g/mol. The van der Waals surface area contributed by atoms with Crippen molar-refractivity contribution >= 4 is 28.7 Å². The van der Waals surface area contributed by atoms with Gasteiger partial charge in [-0.05, 0) is 62.8 Å². The largest absolute Gasteiger partial charge is 0.449 e. The van der Waals surface area contributed by atoms with Gasteiger partial charge in [0.25, 0.3) is 5.91 Å². The quantitative estimate of drug-likeness (QED) is 0.671. The number of anilines is 1. The third-order valence-corrected chi connectivity index (χ3v) is 5.20. The number of esters is 1. The molecule has 28 heavy (non-hydrogen) atoms. The lowest BCUT2D eigenvalue weighted by Gasteiger charge is -2.18. The fourth-order valence-electron chi connectivity index (χ4n) is 3.65. The van der Waals surface area contributed by atoms with Crippen LogP contribution >= 0.6 is 0 Å². The minimum absolute atomic E-state index is 0.222. The Morgan fingerprint density at radius 3 is 2.93 bits per heavy atom. The summed E-state index contributed by atoms with van der Waals surface area (Å²) in [6.07, 6.45) is 2.24. The van der Waals surface area contributed by atoms with E-state index in [4.69, 9.17) is 9.26 Å². The first-order valence-corrected chi connectivity index (χ1v) is 9.49. The average molecular weight is 381 g/mol. The van der Waals surface area contributed by atoms with Crippen LogP contribution in [0.3, 0.4) is 0 Å². The van der Waals surface area contributed by atoms with E-state index in [0.717, 1.165) is 23.7 Å². The maximum atomic E-state index is 12.6. The molecule has 0 radical (unpaired) electrons. The van der Waals surface area contributed by atoms with Crippen LogP contribution in [0.15, 0.2) is 28.8 Å². The van der Waals surface area contributed by atoms with Crippen molar-refractivity contribution in [1.29, 1.82) is 0 Å². The summed E-state index contributed by atoms with van der Waals surface area (Å²) in [5, 5.41) is 7.30. The summed E-state index contributed by atoms with van der Waals surface area (Å²) in [4.78, 5) is 28.2. The van der Waals surface area contributed by atoms with Gasteiger partial charge in [0.2, 0.25) is 5.88 Å². The number of ether oxygens (including phenoxy) is 1. The van der Waals surface area contributed by atoms with E-state index in [-0.39, 0.29) is 5.88 Å². The van der Waals surface area contributed by atoms with Crippen molar-refractivity contribution in [3.05, 3.63) is 46.8 Å². The summed E-state index contributed by atoms with van der Waals surface area (Å²) in [7, 11) is 0. The van der Waals surface area contributed by atoms with E-state index in [9.17, 15) is 9.59 Å². The first kappa shape index (κ1) is 18.3. The highest BCUT2D eigenvalue weighted by Gasteiger charge is 2.23. The van der Waals surface area contributed by atoms with E-state index in [2.05, 4.69) is 22.4 Å². The number of H-pyrrole nitrogens is 1. The SMILES string of the molecule is Cc1cc(NC(=O)C(C)OC(=O)c2ccc3[nH]c4c(c3c2)CC(C)CC4)on1. The molecule has 2 unspecified atom stereocenters. The number of nitrogens with one attached hydrogen (secondary N) is 2. The molecule has 0 aliphatic heterocycles. The molecule has 2 N–H and O–H groups in total. The van der Waals surface area contributed by atoms with Gasteiger partial charge < -0.3 is 14.2 Å². The van der Waals surface area contributed by atoms with Crippen LogP contribution in [0.1, 0.15) is 47.6 Å². The molecule has 0 fully saturated rings. The summed E-state index contributed by atoms with van der Waals surface area (Å²) >= 11 is 0. The molecular formula is C21H23N3O4. The van der Waals surface area contributed by atoms with Crippen LogP contribution in [0.2, 0.25) is 0 Å². The number of benzene rings is 1. The molecule has 0 saturated carbocycles. The van der Waals surface area contributed by atoms with Gasteiger partial charge in [0.05, 0.1) is 11.3 Å². The minimum Gasteiger partial charge on any atom is -0.449 e. The normalized spacial score (nSPS) is 17.2. The molecule has 4 rings (SSSR count). The Morgan fingerprint density at radius 2 is 2.18 bits per heavy atom. The summed E-state index contributed by atoms with van der Waals surface area (Å²) in [5.41, 5.74) is 4.66. The predicted molar refractivity (Wildman–Crippen MR) is 104 cm³/mol. The number of aryl methyl sites for hydroxylation is 2. The van der Waals surface area contributed by atoms with Gasteiger partial charge in [-0.2, -0.15) is 0 Å². The van der Waals surface area contributed by atoms with E-state index in [0.29, 0.717) is 17.2 Å². The number of rotatable bonds is 4. The van der Waals surface area contributed by atoms with E-state index < -0.39 is 18.0 Å². The minimum atomic E-state index is -0.964. The van der Waals surface area contributed by atoms with Crippen LogP contribution < -0.4 is 5.32 Å². The number of aromatic nitrogens is 2. The summed E-state index contributed by atoms with van der Waals surface area (Å²) < 4.78 is 10.3. The standard InChI is InChI=1S/C21H23N3O4/c1-11-4-6-17-15(8-11)16-10-14(5-7-18(16)22-17)21(26)27-13(3)20(25)23-19-9-12(2)24-28-19/h5,7,9-11,13,22H,4,6,8H2,1-3H3,(H,23,25). The topological polar surface area (TPSA) is 97.2 Å². The van der Waals surface area contributed by atoms with Crippen LogP contribution in [0.25, 0.3) is 10.9 Å². The van der Waals surface area contributed by atoms with Gasteiger partial charge in [-0.15, -0.1) is 0 Å². The number of hydrogen-bond donors (Lipinski definition) is 2. The zero-order valence-electron chi connectivity index (χ0n) is 16.2. The zero-order chi connectivity index (χ0) is 19.8. The van der Waals surface area contributed by atoms with Crippen molar-refractivity contribution in [1.82, 2.24) is 10.1 Å². The average Bonchev–Trinajstić information content (AvgIpc) is 3.23. The van der Waals surface area contributed by atoms with Gasteiger partial charge in [-0.3, -0.25) is 10.1 Å². The fraction of sp³-hybridized carbons (Fsp3) is 0.381. The highest BCUT2D eigenvalue weighted by Crippen LogP contribution is 2.32. The lowest BCUT2D eigenvalue weighted by molar-refractivity contribution is -0.123. The predicted octanol–water partition coefficient (Wildman–Crippen LogP) is 3.77. The summed E-state index contributed by atoms with van der Waals surface area (Å²) in [6.45, 7) is 5.52. The van der Waals surface area contributed by atoms with Gasteiger partial charge in [-0.25, -0.2) is 4.79 Å². The molecule has 7 nitrogen and oxygen atoms in total. The van der Waals surface area contributed by atoms with Gasteiger partial charge in [0, 0.05) is 22.7 Å². The molecule has 1 amide bonds. The molecule has 0 bridgehead atoms. The van der Waals surface area contributed by atoms with Crippen LogP contribution in [0, 0.1) is 12.8 Å².